The van der Waals surface area contributed by atoms with Gasteiger partial charge in [0.1, 0.15) is 0 Å². The largest absolute Gasteiger partial charge is 0.418 e. The van der Waals surface area contributed by atoms with E-state index in [2.05, 4.69) is 17.1 Å². The van der Waals surface area contributed by atoms with Gasteiger partial charge in [-0.3, -0.25) is 0 Å². The number of rotatable bonds is 2. The van der Waals surface area contributed by atoms with Crippen molar-refractivity contribution >= 4 is 5.69 Å². The second-order valence-electron chi connectivity index (χ2n) is 5.24. The van der Waals surface area contributed by atoms with E-state index in [1.807, 2.05) is 7.05 Å². The van der Waals surface area contributed by atoms with Crippen molar-refractivity contribution < 1.29 is 13.2 Å². The molecule has 1 saturated heterocycles. The summed E-state index contributed by atoms with van der Waals surface area (Å²) in [5.41, 5.74) is -0.390. The zero-order valence-electron chi connectivity index (χ0n) is 11.2. The Labute approximate surface area is 111 Å². The van der Waals surface area contributed by atoms with Gasteiger partial charge in [0.15, 0.2) is 0 Å². The van der Waals surface area contributed by atoms with Crippen molar-refractivity contribution in [2.75, 3.05) is 18.9 Å². The maximum Gasteiger partial charge on any atom is 0.418 e. The molecule has 2 nitrogen and oxygen atoms in total. The van der Waals surface area contributed by atoms with Crippen LogP contribution in [0.2, 0.25) is 0 Å². The highest BCUT2D eigenvalue weighted by Gasteiger charge is 2.34. The van der Waals surface area contributed by atoms with Gasteiger partial charge in [-0.1, -0.05) is 12.1 Å². The average Bonchev–Trinajstić information content (AvgIpc) is 2.33. The molecule has 1 aliphatic rings. The average molecular weight is 272 g/mol. The van der Waals surface area contributed by atoms with E-state index in [0.717, 1.165) is 25.5 Å². The van der Waals surface area contributed by atoms with Gasteiger partial charge in [-0.2, -0.15) is 13.2 Å². The number of nitrogens with one attached hydrogen (secondary N) is 1. The summed E-state index contributed by atoms with van der Waals surface area (Å²) in [5.74, 6) is 0. The predicted octanol–water partition coefficient (Wildman–Crippen LogP) is 3.60. The number of anilines is 1. The first-order valence-electron chi connectivity index (χ1n) is 6.51. The van der Waals surface area contributed by atoms with Crippen LogP contribution in [0.3, 0.4) is 0 Å². The Morgan fingerprint density at radius 3 is 2.58 bits per heavy atom. The standard InChI is InChI=1S/C14H19F3N2/c1-10-9-11(7-8-19(10)2)18-13-6-4-3-5-12(13)14(15,16)17/h3-6,10-11,18H,7-9H2,1-2H3. The number of hydrogen-bond acceptors (Lipinski definition) is 2. The molecule has 0 spiro atoms. The Balaban J connectivity index is 2.12. The van der Waals surface area contributed by atoms with Gasteiger partial charge in [-0.25, -0.2) is 0 Å². The van der Waals surface area contributed by atoms with Crippen LogP contribution in [0.5, 0.6) is 0 Å². The highest BCUT2D eigenvalue weighted by atomic mass is 19.4. The van der Waals surface area contributed by atoms with Crippen LogP contribution in [-0.2, 0) is 6.18 Å². The zero-order chi connectivity index (χ0) is 14.0. The van der Waals surface area contributed by atoms with E-state index >= 15 is 0 Å². The van der Waals surface area contributed by atoms with Crippen molar-refractivity contribution in [2.45, 2.75) is 38.0 Å². The number of benzene rings is 1. The van der Waals surface area contributed by atoms with Gasteiger partial charge in [0.05, 0.1) is 5.56 Å². The van der Waals surface area contributed by atoms with E-state index in [-0.39, 0.29) is 11.7 Å². The SMILES string of the molecule is CC1CC(Nc2ccccc2C(F)(F)F)CCN1C. The lowest BCUT2D eigenvalue weighted by molar-refractivity contribution is -0.137. The van der Waals surface area contributed by atoms with Crippen molar-refractivity contribution in [3.63, 3.8) is 0 Å². The fourth-order valence-electron chi connectivity index (χ4n) is 2.50. The maximum absolute atomic E-state index is 12.9. The van der Waals surface area contributed by atoms with E-state index in [4.69, 9.17) is 0 Å². The zero-order valence-corrected chi connectivity index (χ0v) is 11.2. The van der Waals surface area contributed by atoms with Gasteiger partial charge < -0.3 is 10.2 Å². The molecule has 0 saturated carbocycles. The highest BCUT2D eigenvalue weighted by Crippen LogP contribution is 2.35. The minimum absolute atomic E-state index is 0.106. The molecular formula is C14H19F3N2. The number of alkyl halides is 3. The van der Waals surface area contributed by atoms with Crippen LogP contribution in [-0.4, -0.2) is 30.6 Å². The molecule has 0 aromatic heterocycles. The molecule has 5 heteroatoms. The fourth-order valence-corrected chi connectivity index (χ4v) is 2.50. The van der Waals surface area contributed by atoms with Gasteiger partial charge in [0, 0.05) is 24.3 Å². The Hall–Kier alpha value is -1.23. The minimum Gasteiger partial charge on any atom is -0.382 e. The van der Waals surface area contributed by atoms with Crippen LogP contribution in [0.1, 0.15) is 25.3 Å². The van der Waals surface area contributed by atoms with E-state index in [1.165, 1.54) is 12.1 Å². The topological polar surface area (TPSA) is 15.3 Å². The molecule has 1 aromatic carbocycles. The molecule has 0 aliphatic carbocycles. The molecule has 0 bridgehead atoms. The minimum atomic E-state index is -4.30. The van der Waals surface area contributed by atoms with Crippen molar-refractivity contribution in [2.24, 2.45) is 0 Å². The Morgan fingerprint density at radius 1 is 1.26 bits per heavy atom. The van der Waals surface area contributed by atoms with Crippen molar-refractivity contribution in [1.29, 1.82) is 0 Å². The van der Waals surface area contributed by atoms with Gasteiger partial charge in [-0.05, 0) is 38.9 Å². The molecule has 2 rings (SSSR count). The van der Waals surface area contributed by atoms with Gasteiger partial charge in [0.25, 0.3) is 0 Å². The summed E-state index contributed by atoms with van der Waals surface area (Å²) >= 11 is 0. The molecule has 1 fully saturated rings. The number of likely N-dealkylation sites (tertiary alicyclic amines) is 1. The molecule has 106 valence electrons. The number of para-hydroxylation sites is 1. The van der Waals surface area contributed by atoms with Crippen molar-refractivity contribution in [3.05, 3.63) is 29.8 Å². The van der Waals surface area contributed by atoms with Crippen LogP contribution in [0.25, 0.3) is 0 Å². The number of nitrogens with zero attached hydrogens (tertiary/aromatic N) is 1. The Morgan fingerprint density at radius 2 is 1.95 bits per heavy atom. The monoisotopic (exact) mass is 272 g/mol. The first-order chi connectivity index (χ1) is 8.88. The molecule has 0 amide bonds. The number of piperidine rings is 1. The molecule has 1 aliphatic heterocycles. The van der Waals surface area contributed by atoms with Crippen LogP contribution < -0.4 is 5.32 Å². The summed E-state index contributed by atoms with van der Waals surface area (Å²) in [6.45, 7) is 3.01. The molecular weight excluding hydrogens is 253 g/mol. The second-order valence-corrected chi connectivity index (χ2v) is 5.24. The molecule has 1 heterocycles. The first kappa shape index (κ1) is 14.2. The highest BCUT2D eigenvalue weighted by molar-refractivity contribution is 5.53. The molecule has 2 atom stereocenters. The molecule has 2 unspecified atom stereocenters. The lowest BCUT2D eigenvalue weighted by atomic mass is 9.98. The lowest BCUT2D eigenvalue weighted by Gasteiger charge is -2.36. The normalized spacial score (nSPS) is 25.3. The van der Waals surface area contributed by atoms with Crippen LogP contribution in [0.15, 0.2) is 24.3 Å². The molecule has 19 heavy (non-hydrogen) atoms. The van der Waals surface area contributed by atoms with Crippen molar-refractivity contribution in [1.82, 2.24) is 4.90 Å². The predicted molar refractivity (Wildman–Crippen MR) is 70.2 cm³/mol. The summed E-state index contributed by atoms with van der Waals surface area (Å²) in [7, 11) is 2.05. The fraction of sp³-hybridized carbons (Fsp3) is 0.571. The Bertz CT molecular complexity index is 431. The van der Waals surface area contributed by atoms with E-state index in [0.29, 0.717) is 6.04 Å². The summed E-state index contributed by atoms with van der Waals surface area (Å²) in [6.07, 6.45) is -2.57. The summed E-state index contributed by atoms with van der Waals surface area (Å²) in [4.78, 5) is 2.23. The van der Waals surface area contributed by atoms with Crippen LogP contribution in [0, 0.1) is 0 Å². The van der Waals surface area contributed by atoms with E-state index in [1.54, 1.807) is 6.07 Å². The van der Waals surface area contributed by atoms with E-state index < -0.39 is 11.7 Å². The lowest BCUT2D eigenvalue weighted by Crippen LogP contribution is -2.42. The Kier molecular flexibility index (Phi) is 4.04. The van der Waals surface area contributed by atoms with Gasteiger partial charge in [-0.15, -0.1) is 0 Å². The number of halogens is 3. The summed E-state index contributed by atoms with van der Waals surface area (Å²) < 4.78 is 38.7. The third-order valence-electron chi connectivity index (χ3n) is 3.80. The quantitative estimate of drug-likeness (QED) is 0.885. The molecule has 1 aromatic rings. The molecule has 0 radical (unpaired) electrons. The third-order valence-corrected chi connectivity index (χ3v) is 3.80. The second kappa shape index (κ2) is 5.41. The van der Waals surface area contributed by atoms with Gasteiger partial charge >= 0.3 is 6.18 Å². The summed E-state index contributed by atoms with van der Waals surface area (Å²) in [6, 6.07) is 6.19. The van der Waals surface area contributed by atoms with Crippen LogP contribution in [0.4, 0.5) is 18.9 Å². The maximum atomic E-state index is 12.9. The number of hydrogen-bond donors (Lipinski definition) is 1. The van der Waals surface area contributed by atoms with Crippen molar-refractivity contribution in [3.8, 4) is 0 Å². The molecule has 1 N–H and O–H groups in total. The summed E-state index contributed by atoms with van der Waals surface area (Å²) in [5, 5.41) is 3.06. The smallest absolute Gasteiger partial charge is 0.382 e. The van der Waals surface area contributed by atoms with E-state index in [9.17, 15) is 13.2 Å². The van der Waals surface area contributed by atoms with Gasteiger partial charge in [0.2, 0.25) is 0 Å². The van der Waals surface area contributed by atoms with Crippen LogP contribution >= 0.6 is 0 Å². The first-order valence-corrected chi connectivity index (χ1v) is 6.51. The third kappa shape index (κ3) is 3.41.